The Morgan fingerprint density at radius 2 is 2.39 bits per heavy atom. The van der Waals surface area contributed by atoms with E-state index < -0.39 is 0 Å². The highest BCUT2D eigenvalue weighted by Crippen LogP contribution is 2.28. The predicted octanol–water partition coefficient (Wildman–Crippen LogP) is 2.23. The van der Waals surface area contributed by atoms with Gasteiger partial charge in [0.25, 0.3) is 5.91 Å². The predicted molar refractivity (Wildman–Crippen MR) is 69.8 cm³/mol. The second-order valence-electron chi connectivity index (χ2n) is 4.60. The molecule has 1 aromatic heterocycles. The summed E-state index contributed by atoms with van der Waals surface area (Å²) in [6.07, 6.45) is 5.60. The Balaban J connectivity index is 1.78. The summed E-state index contributed by atoms with van der Waals surface area (Å²) in [6.45, 7) is 1.96. The minimum Gasteiger partial charge on any atom is -0.379 e. The molecule has 1 amide bonds. The highest BCUT2D eigenvalue weighted by molar-refractivity contribution is 6.33. The van der Waals surface area contributed by atoms with Crippen LogP contribution in [0.15, 0.2) is 18.5 Å². The van der Waals surface area contributed by atoms with Gasteiger partial charge in [0.1, 0.15) is 0 Å². The third-order valence-corrected chi connectivity index (χ3v) is 3.27. The quantitative estimate of drug-likeness (QED) is 0.743. The van der Waals surface area contributed by atoms with Gasteiger partial charge in [0.05, 0.1) is 17.2 Å². The molecule has 1 aliphatic carbocycles. The minimum absolute atomic E-state index is 0.0996. The SMILES string of the molecule is CN(CCOCC1CC1)C(=O)c1ccncc1Cl. The molecule has 0 N–H and O–H groups in total. The van der Waals surface area contributed by atoms with Crippen molar-refractivity contribution >= 4 is 17.5 Å². The summed E-state index contributed by atoms with van der Waals surface area (Å²) in [6, 6.07) is 1.63. The van der Waals surface area contributed by atoms with Crippen LogP contribution in [0.2, 0.25) is 5.02 Å². The van der Waals surface area contributed by atoms with E-state index in [2.05, 4.69) is 4.98 Å². The number of carbonyl (C=O) groups excluding carboxylic acids is 1. The molecule has 1 aliphatic rings. The Labute approximate surface area is 112 Å². The van der Waals surface area contributed by atoms with Crippen LogP contribution in [0.25, 0.3) is 0 Å². The molecule has 18 heavy (non-hydrogen) atoms. The van der Waals surface area contributed by atoms with E-state index in [1.807, 2.05) is 0 Å². The van der Waals surface area contributed by atoms with Crippen molar-refractivity contribution in [3.8, 4) is 0 Å². The number of hydrogen-bond donors (Lipinski definition) is 0. The summed E-state index contributed by atoms with van der Waals surface area (Å²) < 4.78 is 5.51. The molecule has 0 bridgehead atoms. The molecule has 0 aromatic carbocycles. The first-order chi connectivity index (χ1) is 8.68. The number of amides is 1. The molecule has 0 atom stereocenters. The van der Waals surface area contributed by atoms with Crippen molar-refractivity contribution in [2.24, 2.45) is 5.92 Å². The molecule has 0 saturated heterocycles. The van der Waals surface area contributed by atoms with Gasteiger partial charge in [-0.15, -0.1) is 0 Å². The number of ether oxygens (including phenoxy) is 1. The summed E-state index contributed by atoms with van der Waals surface area (Å²) in [5, 5.41) is 0.383. The first kappa shape index (κ1) is 13.3. The van der Waals surface area contributed by atoms with E-state index in [1.54, 1.807) is 24.2 Å². The van der Waals surface area contributed by atoms with Crippen LogP contribution < -0.4 is 0 Å². The van der Waals surface area contributed by atoms with Crippen molar-refractivity contribution in [2.45, 2.75) is 12.8 Å². The Bertz CT molecular complexity index is 421. The molecule has 98 valence electrons. The van der Waals surface area contributed by atoms with Crippen LogP contribution in [0.1, 0.15) is 23.2 Å². The number of rotatable bonds is 6. The average molecular weight is 269 g/mol. The van der Waals surface area contributed by atoms with E-state index in [9.17, 15) is 4.79 Å². The summed E-state index contributed by atoms with van der Waals surface area (Å²) in [4.78, 5) is 17.5. The topological polar surface area (TPSA) is 42.4 Å². The smallest absolute Gasteiger partial charge is 0.255 e. The van der Waals surface area contributed by atoms with Crippen LogP contribution >= 0.6 is 11.6 Å². The highest BCUT2D eigenvalue weighted by Gasteiger charge is 2.21. The standard InChI is InChI=1S/C13H17ClN2O2/c1-16(6-7-18-9-10-2-3-10)13(17)11-4-5-15-8-12(11)14/h4-5,8,10H,2-3,6-7,9H2,1H3. The number of likely N-dealkylation sites (N-methyl/N-ethyl adjacent to an activating group) is 1. The average Bonchev–Trinajstić information content (AvgIpc) is 3.18. The molecular formula is C13H17ClN2O2. The Morgan fingerprint density at radius 1 is 1.61 bits per heavy atom. The lowest BCUT2D eigenvalue weighted by Crippen LogP contribution is -2.30. The van der Waals surface area contributed by atoms with Crippen LogP contribution in [0, 0.1) is 5.92 Å². The van der Waals surface area contributed by atoms with Crippen LogP contribution in [0.3, 0.4) is 0 Å². The lowest BCUT2D eigenvalue weighted by Gasteiger charge is -2.17. The Kier molecular flexibility index (Phi) is 4.55. The number of halogens is 1. The van der Waals surface area contributed by atoms with Gasteiger partial charge >= 0.3 is 0 Å². The fraction of sp³-hybridized carbons (Fsp3) is 0.538. The van der Waals surface area contributed by atoms with Gasteiger partial charge in [-0.05, 0) is 24.8 Å². The summed E-state index contributed by atoms with van der Waals surface area (Å²) in [5.41, 5.74) is 0.483. The Morgan fingerprint density at radius 3 is 3.06 bits per heavy atom. The number of hydrogen-bond acceptors (Lipinski definition) is 3. The molecule has 1 aromatic rings. The fourth-order valence-corrected chi connectivity index (χ4v) is 1.79. The maximum Gasteiger partial charge on any atom is 0.255 e. The van der Waals surface area contributed by atoms with E-state index >= 15 is 0 Å². The van der Waals surface area contributed by atoms with E-state index in [0.29, 0.717) is 23.7 Å². The van der Waals surface area contributed by atoms with Gasteiger partial charge in [0.2, 0.25) is 0 Å². The van der Waals surface area contributed by atoms with Gasteiger partial charge in [-0.1, -0.05) is 11.6 Å². The fourth-order valence-electron chi connectivity index (χ4n) is 1.59. The first-order valence-corrected chi connectivity index (χ1v) is 6.49. The normalized spacial score (nSPS) is 14.6. The molecule has 4 nitrogen and oxygen atoms in total. The maximum atomic E-state index is 12.1. The van der Waals surface area contributed by atoms with Gasteiger partial charge in [-0.25, -0.2) is 0 Å². The van der Waals surface area contributed by atoms with Crippen LogP contribution in [-0.4, -0.2) is 42.6 Å². The van der Waals surface area contributed by atoms with E-state index in [1.165, 1.54) is 19.0 Å². The van der Waals surface area contributed by atoms with Crippen molar-refractivity contribution in [3.05, 3.63) is 29.0 Å². The molecule has 0 unspecified atom stereocenters. The minimum atomic E-state index is -0.0996. The first-order valence-electron chi connectivity index (χ1n) is 6.11. The zero-order valence-corrected chi connectivity index (χ0v) is 11.2. The van der Waals surface area contributed by atoms with Crippen molar-refractivity contribution in [1.82, 2.24) is 9.88 Å². The number of aromatic nitrogens is 1. The number of nitrogens with zero attached hydrogens (tertiary/aromatic N) is 2. The van der Waals surface area contributed by atoms with E-state index in [0.717, 1.165) is 12.5 Å². The molecule has 2 rings (SSSR count). The van der Waals surface area contributed by atoms with Gasteiger partial charge in [0.15, 0.2) is 0 Å². The Hall–Kier alpha value is -1.13. The molecule has 1 saturated carbocycles. The van der Waals surface area contributed by atoms with E-state index in [4.69, 9.17) is 16.3 Å². The molecule has 0 aliphatic heterocycles. The largest absolute Gasteiger partial charge is 0.379 e. The van der Waals surface area contributed by atoms with Crippen molar-refractivity contribution in [1.29, 1.82) is 0 Å². The van der Waals surface area contributed by atoms with Crippen molar-refractivity contribution in [3.63, 3.8) is 0 Å². The summed E-state index contributed by atoms with van der Waals surface area (Å²) in [7, 11) is 1.75. The second-order valence-corrected chi connectivity index (χ2v) is 5.01. The molecule has 5 heteroatoms. The van der Waals surface area contributed by atoms with Gasteiger partial charge in [-0.3, -0.25) is 9.78 Å². The second kappa shape index (κ2) is 6.16. The van der Waals surface area contributed by atoms with Crippen LogP contribution in [0.4, 0.5) is 0 Å². The lowest BCUT2D eigenvalue weighted by molar-refractivity contribution is 0.0681. The molecular weight excluding hydrogens is 252 g/mol. The van der Waals surface area contributed by atoms with Crippen LogP contribution in [0.5, 0.6) is 0 Å². The maximum absolute atomic E-state index is 12.1. The molecule has 1 fully saturated rings. The van der Waals surface area contributed by atoms with Gasteiger partial charge < -0.3 is 9.64 Å². The van der Waals surface area contributed by atoms with Crippen LogP contribution in [-0.2, 0) is 4.74 Å². The van der Waals surface area contributed by atoms with Gasteiger partial charge in [-0.2, -0.15) is 0 Å². The summed E-state index contributed by atoms with van der Waals surface area (Å²) in [5.74, 6) is 0.651. The molecule has 0 radical (unpaired) electrons. The zero-order valence-electron chi connectivity index (χ0n) is 10.4. The van der Waals surface area contributed by atoms with Gasteiger partial charge in [0, 0.05) is 32.6 Å². The molecule has 1 heterocycles. The number of carbonyl (C=O) groups is 1. The van der Waals surface area contributed by atoms with Crippen molar-refractivity contribution < 1.29 is 9.53 Å². The monoisotopic (exact) mass is 268 g/mol. The van der Waals surface area contributed by atoms with E-state index in [-0.39, 0.29) is 5.91 Å². The third kappa shape index (κ3) is 3.68. The molecule has 0 spiro atoms. The van der Waals surface area contributed by atoms with Crippen molar-refractivity contribution in [2.75, 3.05) is 26.8 Å². The number of pyridine rings is 1. The lowest BCUT2D eigenvalue weighted by atomic mass is 10.2. The zero-order chi connectivity index (χ0) is 13.0. The summed E-state index contributed by atoms with van der Waals surface area (Å²) >= 11 is 5.93. The highest BCUT2D eigenvalue weighted by atomic mass is 35.5. The third-order valence-electron chi connectivity index (χ3n) is 2.97.